The summed E-state index contributed by atoms with van der Waals surface area (Å²) in [5.74, 6) is -1.14. The number of ether oxygens (including phenoxy) is 1. The quantitative estimate of drug-likeness (QED) is 0.227. The van der Waals surface area contributed by atoms with Gasteiger partial charge in [0.25, 0.3) is 5.91 Å². The molecule has 37 heavy (non-hydrogen) atoms. The lowest BCUT2D eigenvalue weighted by atomic mass is 9.89. The van der Waals surface area contributed by atoms with E-state index in [0.29, 0.717) is 35.6 Å². The molecule has 0 aromatic heterocycles. The number of aromatic carboxylic acids is 1. The van der Waals surface area contributed by atoms with Crippen molar-refractivity contribution in [3.63, 3.8) is 0 Å². The predicted molar refractivity (Wildman–Crippen MR) is 146 cm³/mol. The monoisotopic (exact) mass is 523 g/mol. The molecule has 2 aromatic rings. The first-order chi connectivity index (χ1) is 17.2. The maximum Gasteiger partial charge on any atom is 0.251 e. The van der Waals surface area contributed by atoms with Gasteiger partial charge in [-0.15, -0.1) is 12.4 Å². The minimum absolute atomic E-state index is 0. The van der Waals surface area contributed by atoms with Crippen molar-refractivity contribution in [2.75, 3.05) is 53.4 Å². The molecule has 1 heterocycles. The SMILES string of the molecule is COCCNC(=O)c1ccc(-c2c3ccc(=[N+](C)C)cc-3oc3cc(N(C)C)ccc23)c(C(=O)[O-])c1.Cl. The van der Waals surface area contributed by atoms with Crippen LogP contribution in [0.1, 0.15) is 20.7 Å². The highest BCUT2D eigenvalue weighted by Gasteiger charge is 2.22. The van der Waals surface area contributed by atoms with Crippen molar-refractivity contribution in [3.05, 3.63) is 71.1 Å². The molecule has 2 aromatic carbocycles. The van der Waals surface area contributed by atoms with Gasteiger partial charge in [0.1, 0.15) is 25.4 Å². The molecule has 0 fully saturated rings. The Morgan fingerprint density at radius 2 is 1.76 bits per heavy atom. The van der Waals surface area contributed by atoms with E-state index in [-0.39, 0.29) is 29.4 Å². The first kappa shape index (κ1) is 27.7. The van der Waals surface area contributed by atoms with Crippen molar-refractivity contribution in [3.8, 4) is 22.5 Å². The molecule has 194 valence electrons. The molecule has 0 bridgehead atoms. The van der Waals surface area contributed by atoms with Gasteiger partial charge in [-0.1, -0.05) is 6.07 Å². The summed E-state index contributed by atoms with van der Waals surface area (Å²) in [6, 6.07) is 16.2. The second-order valence-electron chi connectivity index (χ2n) is 8.92. The number of carbonyl (C=O) groups is 2. The minimum Gasteiger partial charge on any atom is -0.545 e. The first-order valence-electron chi connectivity index (χ1n) is 11.5. The molecule has 0 radical (unpaired) electrons. The summed E-state index contributed by atoms with van der Waals surface area (Å²) in [5, 5.41) is 16.7. The highest BCUT2D eigenvalue weighted by Crippen LogP contribution is 2.42. The van der Waals surface area contributed by atoms with E-state index in [1.54, 1.807) is 19.2 Å². The Morgan fingerprint density at radius 1 is 1.03 bits per heavy atom. The van der Waals surface area contributed by atoms with Crippen LogP contribution in [0.15, 0.2) is 59.0 Å². The van der Waals surface area contributed by atoms with E-state index >= 15 is 0 Å². The molecule has 0 atom stereocenters. The van der Waals surface area contributed by atoms with Gasteiger partial charge in [0.15, 0.2) is 0 Å². The third-order valence-corrected chi connectivity index (χ3v) is 6.08. The number of nitrogens with one attached hydrogen (secondary N) is 1. The molecule has 1 amide bonds. The number of hydrogen-bond donors (Lipinski definition) is 1. The Kier molecular flexibility index (Phi) is 8.57. The molecule has 1 aliphatic carbocycles. The van der Waals surface area contributed by atoms with Crippen LogP contribution in [0.5, 0.6) is 0 Å². The number of carboxylic acids is 1. The van der Waals surface area contributed by atoms with Crippen molar-refractivity contribution in [1.82, 2.24) is 9.89 Å². The number of halogens is 1. The Balaban J connectivity index is 0.00000380. The standard InChI is InChI=1S/C28H29N3O5.ClH/c1-30(2)18-7-10-21-24(15-18)36-25-16-19(31(3)4)8-11-22(25)26(21)20-9-6-17(14-23(20)28(33)34)27(32)29-12-13-35-5;/h6-11,14-16H,12-13H2,1-5H3,(H-,29,32,33,34);1H. The Hall–Kier alpha value is -3.88. The van der Waals surface area contributed by atoms with Crippen LogP contribution in [-0.2, 0) is 4.74 Å². The van der Waals surface area contributed by atoms with Gasteiger partial charge in [0.05, 0.1) is 18.6 Å². The third kappa shape index (κ3) is 5.60. The zero-order valence-corrected chi connectivity index (χ0v) is 22.3. The number of carboxylic acid groups (broad SMARTS) is 1. The van der Waals surface area contributed by atoms with Crippen molar-refractivity contribution < 1.29 is 23.8 Å². The Bertz CT molecular complexity index is 1510. The predicted octanol–water partition coefficient (Wildman–Crippen LogP) is 2.46. The van der Waals surface area contributed by atoms with E-state index in [1.165, 1.54) is 6.07 Å². The fraction of sp³-hybridized carbons (Fsp3) is 0.250. The van der Waals surface area contributed by atoms with Crippen LogP contribution in [0.4, 0.5) is 5.69 Å². The molecular formula is C28H30ClN3O5. The number of carbonyl (C=O) groups excluding carboxylic acids is 2. The number of hydrogen-bond acceptors (Lipinski definition) is 6. The molecule has 8 nitrogen and oxygen atoms in total. The Morgan fingerprint density at radius 3 is 2.41 bits per heavy atom. The number of methoxy groups -OCH3 is 1. The summed E-state index contributed by atoms with van der Waals surface area (Å²) in [4.78, 5) is 26.8. The molecule has 0 unspecified atom stereocenters. The molecule has 1 N–H and O–H groups in total. The molecule has 1 aliphatic heterocycles. The topological polar surface area (TPSA) is 97.8 Å². The van der Waals surface area contributed by atoms with Gasteiger partial charge in [-0.05, 0) is 35.9 Å². The van der Waals surface area contributed by atoms with Crippen LogP contribution < -0.4 is 25.3 Å². The molecule has 0 saturated heterocycles. The number of rotatable bonds is 7. The van der Waals surface area contributed by atoms with Gasteiger partial charge >= 0.3 is 0 Å². The van der Waals surface area contributed by atoms with Crippen LogP contribution in [0, 0.1) is 0 Å². The normalized spacial score (nSPS) is 10.7. The highest BCUT2D eigenvalue weighted by molar-refractivity contribution is 6.08. The maximum atomic E-state index is 12.6. The summed E-state index contributed by atoms with van der Waals surface area (Å²) >= 11 is 0. The number of nitrogens with zero attached hydrogens (tertiary/aromatic N) is 2. The van der Waals surface area contributed by atoms with Crippen molar-refractivity contribution in [1.29, 1.82) is 0 Å². The summed E-state index contributed by atoms with van der Waals surface area (Å²) in [6.45, 7) is 0.669. The smallest absolute Gasteiger partial charge is 0.251 e. The van der Waals surface area contributed by atoms with Crippen molar-refractivity contribution in [2.45, 2.75) is 0 Å². The van der Waals surface area contributed by atoms with Crippen molar-refractivity contribution in [2.24, 2.45) is 0 Å². The molecule has 0 saturated carbocycles. The number of anilines is 1. The summed E-state index contributed by atoms with van der Waals surface area (Å²) < 4.78 is 13.2. The van der Waals surface area contributed by atoms with Crippen LogP contribution >= 0.6 is 12.4 Å². The van der Waals surface area contributed by atoms with E-state index < -0.39 is 5.97 Å². The van der Waals surface area contributed by atoms with Crippen molar-refractivity contribution >= 4 is 40.9 Å². The van der Waals surface area contributed by atoms with E-state index in [1.807, 2.05) is 74.1 Å². The molecule has 2 aliphatic rings. The van der Waals surface area contributed by atoms with Gasteiger partial charge in [0.2, 0.25) is 5.36 Å². The zero-order chi connectivity index (χ0) is 26.0. The summed E-state index contributed by atoms with van der Waals surface area (Å²) in [5.41, 5.74) is 3.63. The largest absolute Gasteiger partial charge is 0.545 e. The lowest BCUT2D eigenvalue weighted by Crippen LogP contribution is -2.28. The van der Waals surface area contributed by atoms with E-state index in [2.05, 4.69) is 5.32 Å². The van der Waals surface area contributed by atoms with Gasteiger partial charge < -0.3 is 29.3 Å². The summed E-state index contributed by atoms with van der Waals surface area (Å²) in [7, 11) is 9.31. The van der Waals surface area contributed by atoms with Gasteiger partial charge in [-0.3, -0.25) is 4.79 Å². The van der Waals surface area contributed by atoms with E-state index in [9.17, 15) is 14.7 Å². The third-order valence-electron chi connectivity index (χ3n) is 6.08. The van der Waals surface area contributed by atoms with Gasteiger partial charge in [-0.2, -0.15) is 0 Å². The summed E-state index contributed by atoms with van der Waals surface area (Å²) in [6.07, 6.45) is 0. The number of benzene rings is 3. The molecule has 9 heteroatoms. The highest BCUT2D eigenvalue weighted by atomic mass is 35.5. The molecule has 0 spiro atoms. The van der Waals surface area contributed by atoms with Gasteiger partial charge in [0, 0.05) is 73.2 Å². The average Bonchev–Trinajstić information content (AvgIpc) is 2.86. The molecular weight excluding hydrogens is 494 g/mol. The lowest BCUT2D eigenvalue weighted by Gasteiger charge is -2.20. The van der Waals surface area contributed by atoms with Crippen LogP contribution in [-0.4, -0.2) is 60.3 Å². The lowest BCUT2D eigenvalue weighted by molar-refractivity contribution is -0.254. The first-order valence-corrected chi connectivity index (χ1v) is 11.5. The van der Waals surface area contributed by atoms with E-state index in [0.717, 1.165) is 22.0 Å². The second kappa shape index (κ2) is 11.5. The second-order valence-corrected chi connectivity index (χ2v) is 8.92. The maximum absolute atomic E-state index is 12.6. The number of amides is 1. The molecule has 4 rings (SSSR count). The minimum atomic E-state index is -1.37. The van der Waals surface area contributed by atoms with E-state index in [4.69, 9.17) is 9.15 Å². The Labute approximate surface area is 221 Å². The van der Waals surface area contributed by atoms with Crippen LogP contribution in [0.25, 0.3) is 33.4 Å². The number of fused-ring (bicyclic) bond motifs is 2. The fourth-order valence-electron chi connectivity index (χ4n) is 4.16. The average molecular weight is 524 g/mol. The van der Waals surface area contributed by atoms with Crippen LogP contribution in [0.2, 0.25) is 0 Å². The van der Waals surface area contributed by atoms with Crippen LogP contribution in [0.3, 0.4) is 0 Å². The zero-order valence-electron chi connectivity index (χ0n) is 21.5. The fourth-order valence-corrected chi connectivity index (χ4v) is 4.16. The van der Waals surface area contributed by atoms with Gasteiger partial charge in [-0.25, -0.2) is 4.58 Å².